The van der Waals surface area contributed by atoms with Crippen molar-refractivity contribution in [2.24, 2.45) is 17.4 Å². The van der Waals surface area contributed by atoms with Gasteiger partial charge < -0.3 is 16.4 Å². The summed E-state index contributed by atoms with van der Waals surface area (Å²) in [7, 11) is 1.62. The lowest BCUT2D eigenvalue weighted by Crippen LogP contribution is -2.45. The van der Waals surface area contributed by atoms with Crippen molar-refractivity contribution < 1.29 is 9.59 Å². The molecule has 5 nitrogen and oxygen atoms in total. The van der Waals surface area contributed by atoms with Crippen LogP contribution in [0.4, 0.5) is 0 Å². The van der Waals surface area contributed by atoms with E-state index in [9.17, 15) is 9.59 Å². The molecule has 0 radical (unpaired) electrons. The number of hydrogen-bond donors (Lipinski definition) is 2. The Bertz CT molecular complexity index is 216. The first-order valence-corrected chi connectivity index (χ1v) is 4.65. The molecule has 0 aromatic carbocycles. The average Bonchev–Trinajstić information content (AvgIpc) is 2.11. The molecule has 82 valence electrons. The molecule has 0 fully saturated rings. The molecule has 1 atom stereocenters. The summed E-state index contributed by atoms with van der Waals surface area (Å²) in [5, 5.41) is 0. The minimum atomic E-state index is -0.507. The van der Waals surface area contributed by atoms with Gasteiger partial charge in [0.15, 0.2) is 0 Å². The van der Waals surface area contributed by atoms with Gasteiger partial charge in [-0.15, -0.1) is 0 Å². The topological polar surface area (TPSA) is 89.4 Å². The Hall–Kier alpha value is -1.10. The molecular formula is C9H19N3O2. The van der Waals surface area contributed by atoms with Crippen LogP contribution >= 0.6 is 0 Å². The van der Waals surface area contributed by atoms with E-state index in [0.29, 0.717) is 6.54 Å². The van der Waals surface area contributed by atoms with Crippen LogP contribution in [0.25, 0.3) is 0 Å². The Labute approximate surface area is 84.4 Å². The number of hydrogen-bond acceptors (Lipinski definition) is 3. The van der Waals surface area contributed by atoms with Crippen LogP contribution in [0.15, 0.2) is 0 Å². The smallest absolute Gasteiger partial charge is 0.239 e. The third kappa shape index (κ3) is 4.23. The van der Waals surface area contributed by atoms with Crippen molar-refractivity contribution in [2.45, 2.75) is 26.3 Å². The summed E-state index contributed by atoms with van der Waals surface area (Å²) in [6.07, 6.45) is 0.174. The SMILES string of the molecule is CC(C)C(N)C(=O)N(C)CCC(N)=O. The average molecular weight is 201 g/mol. The van der Waals surface area contributed by atoms with Gasteiger partial charge in [-0.1, -0.05) is 13.8 Å². The number of rotatable bonds is 5. The van der Waals surface area contributed by atoms with Crippen LogP contribution in [0.1, 0.15) is 20.3 Å². The fourth-order valence-corrected chi connectivity index (χ4v) is 0.928. The van der Waals surface area contributed by atoms with Gasteiger partial charge in [0.1, 0.15) is 0 Å². The largest absolute Gasteiger partial charge is 0.370 e. The van der Waals surface area contributed by atoms with Gasteiger partial charge in [-0.2, -0.15) is 0 Å². The summed E-state index contributed by atoms with van der Waals surface area (Å²) in [5.74, 6) is -0.470. The minimum Gasteiger partial charge on any atom is -0.370 e. The Morgan fingerprint density at radius 3 is 2.21 bits per heavy atom. The Kier molecular flexibility index (Phi) is 5.15. The van der Waals surface area contributed by atoms with E-state index in [4.69, 9.17) is 11.5 Å². The summed E-state index contributed by atoms with van der Waals surface area (Å²) in [6.45, 7) is 4.09. The van der Waals surface area contributed by atoms with E-state index < -0.39 is 11.9 Å². The Morgan fingerprint density at radius 1 is 1.36 bits per heavy atom. The standard InChI is InChI=1S/C9H19N3O2/c1-6(2)8(11)9(14)12(3)5-4-7(10)13/h6,8H,4-5,11H2,1-3H3,(H2,10,13). The lowest BCUT2D eigenvalue weighted by atomic mass is 10.0. The predicted octanol–water partition coefficient (Wildman–Crippen LogP) is -0.696. The molecule has 0 aromatic heterocycles. The quantitative estimate of drug-likeness (QED) is 0.616. The first kappa shape index (κ1) is 12.9. The van der Waals surface area contributed by atoms with Gasteiger partial charge in [0.05, 0.1) is 6.04 Å². The zero-order valence-electron chi connectivity index (χ0n) is 8.99. The molecule has 0 saturated carbocycles. The number of primary amides is 1. The van der Waals surface area contributed by atoms with Crippen LogP contribution in [0.2, 0.25) is 0 Å². The molecule has 0 aliphatic carbocycles. The fourth-order valence-electron chi connectivity index (χ4n) is 0.928. The van der Waals surface area contributed by atoms with E-state index in [2.05, 4.69) is 0 Å². The van der Waals surface area contributed by atoms with Gasteiger partial charge in [-0.25, -0.2) is 0 Å². The molecule has 0 bridgehead atoms. The molecule has 0 spiro atoms. The molecule has 0 aliphatic heterocycles. The summed E-state index contributed by atoms with van der Waals surface area (Å²) >= 11 is 0. The number of amides is 2. The van der Waals surface area contributed by atoms with Crippen LogP contribution in [0.3, 0.4) is 0 Å². The number of carbonyl (C=O) groups excluding carboxylic acids is 2. The van der Waals surface area contributed by atoms with Gasteiger partial charge in [0.25, 0.3) is 0 Å². The number of carbonyl (C=O) groups is 2. The highest BCUT2D eigenvalue weighted by Gasteiger charge is 2.20. The van der Waals surface area contributed by atoms with E-state index in [0.717, 1.165) is 0 Å². The Balaban J connectivity index is 4.05. The zero-order valence-corrected chi connectivity index (χ0v) is 8.99. The fraction of sp³-hybridized carbons (Fsp3) is 0.778. The van der Waals surface area contributed by atoms with E-state index in [1.54, 1.807) is 7.05 Å². The third-order valence-electron chi connectivity index (χ3n) is 2.07. The van der Waals surface area contributed by atoms with Crippen molar-refractivity contribution in [2.75, 3.05) is 13.6 Å². The maximum Gasteiger partial charge on any atom is 0.239 e. The van der Waals surface area contributed by atoms with Crippen molar-refractivity contribution in [3.8, 4) is 0 Å². The van der Waals surface area contributed by atoms with Crippen LogP contribution in [-0.2, 0) is 9.59 Å². The summed E-state index contributed by atoms with van der Waals surface area (Å²) in [6, 6.07) is -0.507. The van der Waals surface area contributed by atoms with Crippen molar-refractivity contribution in [1.29, 1.82) is 0 Å². The van der Waals surface area contributed by atoms with E-state index in [1.807, 2.05) is 13.8 Å². The van der Waals surface area contributed by atoms with Gasteiger partial charge in [0, 0.05) is 20.0 Å². The normalized spacial score (nSPS) is 12.6. The molecule has 2 amide bonds. The lowest BCUT2D eigenvalue weighted by Gasteiger charge is -2.22. The monoisotopic (exact) mass is 201 g/mol. The highest BCUT2D eigenvalue weighted by atomic mass is 16.2. The molecule has 14 heavy (non-hydrogen) atoms. The Morgan fingerprint density at radius 2 is 1.86 bits per heavy atom. The predicted molar refractivity (Wildman–Crippen MR) is 54.3 cm³/mol. The van der Waals surface area contributed by atoms with Crippen LogP contribution in [0, 0.1) is 5.92 Å². The zero-order chi connectivity index (χ0) is 11.3. The molecular weight excluding hydrogens is 182 g/mol. The maximum absolute atomic E-state index is 11.5. The lowest BCUT2D eigenvalue weighted by molar-refractivity contribution is -0.132. The number of nitrogens with zero attached hydrogens (tertiary/aromatic N) is 1. The molecule has 0 rings (SSSR count). The van der Waals surface area contributed by atoms with E-state index >= 15 is 0 Å². The van der Waals surface area contributed by atoms with Gasteiger partial charge in [0.2, 0.25) is 11.8 Å². The second kappa shape index (κ2) is 5.59. The summed E-state index contributed by atoms with van der Waals surface area (Å²) in [5.41, 5.74) is 10.6. The number of nitrogens with two attached hydrogens (primary N) is 2. The van der Waals surface area contributed by atoms with Crippen LogP contribution < -0.4 is 11.5 Å². The van der Waals surface area contributed by atoms with Crippen molar-refractivity contribution >= 4 is 11.8 Å². The van der Waals surface area contributed by atoms with Crippen LogP contribution in [0.5, 0.6) is 0 Å². The highest BCUT2D eigenvalue weighted by Crippen LogP contribution is 2.02. The maximum atomic E-state index is 11.5. The molecule has 5 heteroatoms. The summed E-state index contributed by atoms with van der Waals surface area (Å²) in [4.78, 5) is 23.5. The van der Waals surface area contributed by atoms with Gasteiger partial charge in [-0.05, 0) is 5.92 Å². The molecule has 1 unspecified atom stereocenters. The number of likely N-dealkylation sites (N-methyl/N-ethyl adjacent to an activating group) is 1. The molecule has 0 heterocycles. The minimum absolute atomic E-state index is 0.0959. The highest BCUT2D eigenvalue weighted by molar-refractivity contribution is 5.82. The molecule has 0 aliphatic rings. The second-order valence-corrected chi connectivity index (χ2v) is 3.75. The van der Waals surface area contributed by atoms with Crippen molar-refractivity contribution in [1.82, 2.24) is 4.90 Å². The van der Waals surface area contributed by atoms with Crippen molar-refractivity contribution in [3.05, 3.63) is 0 Å². The first-order valence-electron chi connectivity index (χ1n) is 4.65. The molecule has 0 saturated heterocycles. The van der Waals surface area contributed by atoms with E-state index in [-0.39, 0.29) is 18.2 Å². The first-order chi connectivity index (χ1) is 6.36. The van der Waals surface area contributed by atoms with Gasteiger partial charge >= 0.3 is 0 Å². The third-order valence-corrected chi connectivity index (χ3v) is 2.07. The van der Waals surface area contributed by atoms with Gasteiger partial charge in [-0.3, -0.25) is 9.59 Å². The second-order valence-electron chi connectivity index (χ2n) is 3.75. The molecule has 0 aromatic rings. The van der Waals surface area contributed by atoms with E-state index in [1.165, 1.54) is 4.90 Å². The summed E-state index contributed by atoms with van der Waals surface area (Å²) < 4.78 is 0. The van der Waals surface area contributed by atoms with Crippen LogP contribution in [-0.4, -0.2) is 36.3 Å². The van der Waals surface area contributed by atoms with Crippen molar-refractivity contribution in [3.63, 3.8) is 0 Å². The molecule has 4 N–H and O–H groups in total.